The normalized spacial score (nSPS) is 13.3. The Morgan fingerprint density at radius 3 is 2.52 bits per heavy atom. The smallest absolute Gasteiger partial charge is 0.169 e. The molecule has 21 heavy (non-hydrogen) atoms. The van der Waals surface area contributed by atoms with Crippen molar-refractivity contribution in [2.75, 3.05) is 25.7 Å². The molecule has 0 radical (unpaired) electrons. The maximum atomic E-state index is 11.8. The van der Waals surface area contributed by atoms with Crippen molar-refractivity contribution in [3.63, 3.8) is 0 Å². The predicted octanol–water partition coefficient (Wildman–Crippen LogP) is 3.43. The van der Waals surface area contributed by atoms with Gasteiger partial charge >= 0.3 is 0 Å². The Morgan fingerprint density at radius 1 is 1.10 bits per heavy atom. The summed E-state index contributed by atoms with van der Waals surface area (Å²) in [6.07, 6.45) is 0.459. The Labute approximate surface area is 123 Å². The fourth-order valence-electron chi connectivity index (χ4n) is 2.41. The number of hydrogen-bond donors (Lipinski definition) is 0. The lowest BCUT2D eigenvalue weighted by Crippen LogP contribution is -2.16. The Morgan fingerprint density at radius 2 is 1.81 bits per heavy atom. The van der Waals surface area contributed by atoms with Crippen molar-refractivity contribution in [3.8, 4) is 11.5 Å². The molecule has 3 rings (SSSR count). The minimum atomic E-state index is 0.148. The van der Waals surface area contributed by atoms with Crippen molar-refractivity contribution in [1.82, 2.24) is 0 Å². The number of nitrogens with zero attached hydrogens (tertiary/aromatic N) is 1. The van der Waals surface area contributed by atoms with Gasteiger partial charge in [0.2, 0.25) is 0 Å². The molecule has 1 aliphatic rings. The number of carbonyl (C=O) groups excluding carboxylic acids is 1. The lowest BCUT2D eigenvalue weighted by Gasteiger charge is -2.23. The Bertz CT molecular complexity index is 664. The maximum Gasteiger partial charge on any atom is 0.169 e. The summed E-state index contributed by atoms with van der Waals surface area (Å²) in [5, 5.41) is 0. The van der Waals surface area contributed by atoms with Gasteiger partial charge in [0.05, 0.1) is 19.3 Å². The van der Waals surface area contributed by atoms with E-state index in [2.05, 4.69) is 0 Å². The molecule has 108 valence electrons. The van der Waals surface area contributed by atoms with Crippen LogP contribution in [0.25, 0.3) is 0 Å². The van der Waals surface area contributed by atoms with E-state index >= 15 is 0 Å². The molecule has 2 aromatic carbocycles. The highest BCUT2D eigenvalue weighted by molar-refractivity contribution is 6.00. The van der Waals surface area contributed by atoms with E-state index in [4.69, 9.17) is 9.47 Å². The number of benzene rings is 2. The van der Waals surface area contributed by atoms with Crippen molar-refractivity contribution in [1.29, 1.82) is 0 Å². The van der Waals surface area contributed by atoms with Gasteiger partial charge in [-0.1, -0.05) is 0 Å². The standard InChI is InChI=1S/C17H17NO3/c1-18(12-3-6-14(20-2)7-4-12)13-5-8-15-16(19)9-10-21-17(15)11-13/h3-8,11H,9-10H2,1-2H3. The number of ether oxygens (including phenoxy) is 2. The van der Waals surface area contributed by atoms with Crippen molar-refractivity contribution >= 4 is 17.2 Å². The number of hydrogen-bond acceptors (Lipinski definition) is 4. The SMILES string of the molecule is COc1ccc(N(C)c2ccc3c(c2)OCCC3=O)cc1. The van der Waals surface area contributed by atoms with E-state index in [9.17, 15) is 4.79 Å². The van der Waals surface area contributed by atoms with Crippen LogP contribution in [0.5, 0.6) is 11.5 Å². The van der Waals surface area contributed by atoms with Crippen molar-refractivity contribution in [2.24, 2.45) is 0 Å². The molecule has 0 spiro atoms. The average molecular weight is 283 g/mol. The average Bonchev–Trinajstić information content (AvgIpc) is 2.54. The Balaban J connectivity index is 1.90. The molecular weight excluding hydrogens is 266 g/mol. The summed E-state index contributed by atoms with van der Waals surface area (Å²) in [6.45, 7) is 0.460. The first-order valence-corrected chi connectivity index (χ1v) is 6.87. The quantitative estimate of drug-likeness (QED) is 0.865. The largest absolute Gasteiger partial charge is 0.497 e. The second kappa shape index (κ2) is 5.48. The fourth-order valence-corrected chi connectivity index (χ4v) is 2.41. The molecule has 0 atom stereocenters. The minimum absolute atomic E-state index is 0.148. The molecule has 0 unspecified atom stereocenters. The van der Waals surface area contributed by atoms with Crippen LogP contribution in [-0.2, 0) is 0 Å². The number of methoxy groups -OCH3 is 1. The number of ketones is 1. The van der Waals surface area contributed by atoms with Gasteiger partial charge in [-0.2, -0.15) is 0 Å². The number of rotatable bonds is 3. The highest BCUT2D eigenvalue weighted by Crippen LogP contribution is 2.32. The first-order chi connectivity index (χ1) is 10.2. The van der Waals surface area contributed by atoms with Crippen LogP contribution in [0.4, 0.5) is 11.4 Å². The van der Waals surface area contributed by atoms with Crippen molar-refractivity contribution in [2.45, 2.75) is 6.42 Å². The molecule has 0 amide bonds. The number of carbonyl (C=O) groups is 1. The fraction of sp³-hybridized carbons (Fsp3) is 0.235. The van der Waals surface area contributed by atoms with Gasteiger partial charge in [0.15, 0.2) is 5.78 Å². The van der Waals surface area contributed by atoms with E-state index in [1.165, 1.54) is 0 Å². The van der Waals surface area contributed by atoms with E-state index < -0.39 is 0 Å². The summed E-state index contributed by atoms with van der Waals surface area (Å²) >= 11 is 0. The van der Waals surface area contributed by atoms with E-state index in [1.807, 2.05) is 54.4 Å². The van der Waals surface area contributed by atoms with Crippen LogP contribution < -0.4 is 14.4 Å². The van der Waals surface area contributed by atoms with Crippen LogP contribution in [0.2, 0.25) is 0 Å². The van der Waals surface area contributed by atoms with Gasteiger partial charge in [-0.15, -0.1) is 0 Å². The molecule has 0 saturated carbocycles. The third-order valence-electron chi connectivity index (χ3n) is 3.70. The van der Waals surface area contributed by atoms with Crippen LogP contribution in [0, 0.1) is 0 Å². The van der Waals surface area contributed by atoms with E-state index in [-0.39, 0.29) is 5.78 Å². The van der Waals surface area contributed by atoms with Crippen LogP contribution >= 0.6 is 0 Å². The van der Waals surface area contributed by atoms with Gasteiger partial charge in [-0.25, -0.2) is 0 Å². The molecule has 4 heteroatoms. The highest BCUT2D eigenvalue weighted by Gasteiger charge is 2.19. The highest BCUT2D eigenvalue weighted by atomic mass is 16.5. The van der Waals surface area contributed by atoms with Gasteiger partial charge in [0.1, 0.15) is 11.5 Å². The first kappa shape index (κ1) is 13.5. The van der Waals surface area contributed by atoms with Gasteiger partial charge in [-0.05, 0) is 36.4 Å². The van der Waals surface area contributed by atoms with E-state index in [0.717, 1.165) is 17.1 Å². The topological polar surface area (TPSA) is 38.8 Å². The number of fused-ring (bicyclic) bond motifs is 1. The molecular formula is C17H17NO3. The molecule has 0 bridgehead atoms. The Hall–Kier alpha value is -2.49. The van der Waals surface area contributed by atoms with Crippen LogP contribution in [0.1, 0.15) is 16.8 Å². The number of anilines is 2. The third-order valence-corrected chi connectivity index (χ3v) is 3.70. The van der Waals surface area contributed by atoms with E-state index in [1.54, 1.807) is 7.11 Å². The Kier molecular flexibility index (Phi) is 3.52. The van der Waals surface area contributed by atoms with Gasteiger partial charge in [-0.3, -0.25) is 4.79 Å². The van der Waals surface area contributed by atoms with Crippen LogP contribution in [-0.4, -0.2) is 26.5 Å². The van der Waals surface area contributed by atoms with E-state index in [0.29, 0.717) is 24.3 Å². The van der Waals surface area contributed by atoms with Crippen molar-refractivity contribution < 1.29 is 14.3 Å². The van der Waals surface area contributed by atoms with Crippen LogP contribution in [0.15, 0.2) is 42.5 Å². The second-order valence-corrected chi connectivity index (χ2v) is 4.96. The van der Waals surface area contributed by atoms with Crippen molar-refractivity contribution in [3.05, 3.63) is 48.0 Å². The third kappa shape index (κ3) is 2.57. The molecule has 0 fully saturated rings. The molecule has 0 aromatic heterocycles. The molecule has 0 N–H and O–H groups in total. The monoisotopic (exact) mass is 283 g/mol. The maximum absolute atomic E-state index is 11.8. The van der Waals surface area contributed by atoms with Gasteiger partial charge < -0.3 is 14.4 Å². The second-order valence-electron chi connectivity index (χ2n) is 4.96. The summed E-state index contributed by atoms with van der Waals surface area (Å²) in [7, 11) is 3.63. The lowest BCUT2D eigenvalue weighted by atomic mass is 10.0. The summed E-state index contributed by atoms with van der Waals surface area (Å²) in [5.74, 6) is 1.64. The van der Waals surface area contributed by atoms with Gasteiger partial charge in [0, 0.05) is 30.9 Å². The molecule has 1 aliphatic heterocycles. The summed E-state index contributed by atoms with van der Waals surface area (Å²) in [4.78, 5) is 13.8. The predicted molar refractivity (Wildman–Crippen MR) is 81.9 cm³/mol. The molecule has 0 aliphatic carbocycles. The lowest BCUT2D eigenvalue weighted by molar-refractivity contribution is 0.0933. The summed E-state index contributed by atoms with van der Waals surface area (Å²) in [5.41, 5.74) is 2.69. The minimum Gasteiger partial charge on any atom is -0.497 e. The van der Waals surface area contributed by atoms with Gasteiger partial charge in [0.25, 0.3) is 0 Å². The first-order valence-electron chi connectivity index (χ1n) is 6.87. The molecule has 4 nitrogen and oxygen atoms in total. The summed E-state index contributed by atoms with van der Waals surface area (Å²) in [6, 6.07) is 13.5. The zero-order valence-electron chi connectivity index (χ0n) is 12.1. The molecule has 1 heterocycles. The summed E-state index contributed by atoms with van der Waals surface area (Å²) < 4.78 is 10.8. The van der Waals surface area contributed by atoms with Crippen LogP contribution in [0.3, 0.4) is 0 Å². The number of Topliss-reactive ketones (excluding diaryl/α,β-unsaturated/α-hetero) is 1. The molecule has 2 aromatic rings. The zero-order valence-corrected chi connectivity index (χ0v) is 12.1. The zero-order chi connectivity index (χ0) is 14.8. The molecule has 0 saturated heterocycles.